The number of hydrogen-bond donors (Lipinski definition) is 4. The molecular weight excluding hydrogens is 823 g/mol. The Kier molecular flexibility index (Phi) is 55.9. The molecule has 0 bridgehead atoms. The van der Waals surface area contributed by atoms with Gasteiger partial charge in [0, 0.05) is 0 Å². The number of allylic oxidation sites excluding steroid dienone is 5. The lowest BCUT2D eigenvalue weighted by Gasteiger charge is -2.21. The maximum absolute atomic E-state index is 12.5. The summed E-state index contributed by atoms with van der Waals surface area (Å²) in [6, 6.07) is -0.819. The molecule has 0 fully saturated rings. The topological polar surface area (TPSA) is 89.8 Å². The Bertz CT molecular complexity index is 1040. The summed E-state index contributed by atoms with van der Waals surface area (Å²) >= 11 is 0. The number of carbonyl (C=O) groups excluding carboxylic acids is 1. The van der Waals surface area contributed by atoms with Gasteiger partial charge in [-0.05, 0) is 44.9 Å². The summed E-state index contributed by atoms with van der Waals surface area (Å²) in [6.07, 6.45) is 75.5. The smallest absolute Gasteiger partial charge is 0.249 e. The highest BCUT2D eigenvalue weighted by Crippen LogP contribution is 2.18. The third kappa shape index (κ3) is 52.2. The largest absolute Gasteiger partial charge is 0.394 e. The molecule has 0 saturated heterocycles. The van der Waals surface area contributed by atoms with Crippen molar-refractivity contribution in [3.05, 3.63) is 36.5 Å². The van der Waals surface area contributed by atoms with E-state index in [2.05, 4.69) is 43.5 Å². The van der Waals surface area contributed by atoms with Crippen LogP contribution in [-0.4, -0.2) is 46.1 Å². The third-order valence-electron chi connectivity index (χ3n) is 14.2. The summed E-state index contributed by atoms with van der Waals surface area (Å²) in [5.41, 5.74) is 0. The molecule has 0 aromatic heterocycles. The monoisotopic (exact) mass is 942 g/mol. The molecule has 4 N–H and O–H groups in total. The minimum Gasteiger partial charge on any atom is -0.394 e. The van der Waals surface area contributed by atoms with E-state index in [1.165, 1.54) is 263 Å². The van der Waals surface area contributed by atoms with Crippen molar-refractivity contribution in [2.45, 2.75) is 347 Å². The lowest BCUT2D eigenvalue weighted by molar-refractivity contribution is -0.131. The second-order valence-electron chi connectivity index (χ2n) is 20.9. The van der Waals surface area contributed by atoms with Gasteiger partial charge in [0.15, 0.2) is 0 Å². The summed E-state index contributed by atoms with van der Waals surface area (Å²) in [6.45, 7) is 4.18. The Labute approximate surface area is 419 Å². The van der Waals surface area contributed by atoms with Crippen LogP contribution >= 0.6 is 0 Å². The van der Waals surface area contributed by atoms with Crippen LogP contribution in [0.1, 0.15) is 328 Å². The van der Waals surface area contributed by atoms with Gasteiger partial charge in [-0.25, -0.2) is 0 Å². The zero-order valence-electron chi connectivity index (χ0n) is 45.3. The van der Waals surface area contributed by atoms with E-state index in [9.17, 15) is 20.1 Å². The molecule has 0 aromatic carbocycles. The lowest BCUT2D eigenvalue weighted by atomic mass is 10.0. The number of hydrogen-bond acceptors (Lipinski definition) is 4. The van der Waals surface area contributed by atoms with Gasteiger partial charge in [0.1, 0.15) is 6.10 Å². The number of rotatable bonds is 56. The molecule has 396 valence electrons. The molecule has 0 saturated carbocycles. The molecule has 5 heteroatoms. The van der Waals surface area contributed by atoms with Crippen molar-refractivity contribution in [2.24, 2.45) is 0 Å². The van der Waals surface area contributed by atoms with Crippen molar-refractivity contribution in [3.63, 3.8) is 0 Å². The van der Waals surface area contributed by atoms with Gasteiger partial charge in [-0.15, -0.1) is 0 Å². The highest BCUT2D eigenvalue weighted by atomic mass is 16.3. The molecule has 0 rings (SSSR count). The first kappa shape index (κ1) is 65.6. The van der Waals surface area contributed by atoms with E-state index in [1.807, 2.05) is 6.08 Å². The van der Waals surface area contributed by atoms with Gasteiger partial charge in [-0.2, -0.15) is 0 Å². The normalized spacial score (nSPS) is 13.4. The Morgan fingerprint density at radius 2 is 0.612 bits per heavy atom. The summed E-state index contributed by atoms with van der Waals surface area (Å²) < 4.78 is 0. The van der Waals surface area contributed by atoms with Gasteiger partial charge >= 0.3 is 0 Å². The van der Waals surface area contributed by atoms with Crippen LogP contribution in [0.15, 0.2) is 36.5 Å². The van der Waals surface area contributed by atoms with E-state index in [-0.39, 0.29) is 6.61 Å². The van der Waals surface area contributed by atoms with Crippen molar-refractivity contribution in [1.82, 2.24) is 5.32 Å². The number of amides is 1. The fourth-order valence-electron chi connectivity index (χ4n) is 9.52. The molecule has 1 amide bonds. The predicted octanol–water partition coefficient (Wildman–Crippen LogP) is 19.0. The van der Waals surface area contributed by atoms with Crippen LogP contribution in [0.3, 0.4) is 0 Å². The van der Waals surface area contributed by atoms with Crippen molar-refractivity contribution in [3.8, 4) is 0 Å². The molecule has 0 aromatic rings. The van der Waals surface area contributed by atoms with Crippen LogP contribution in [0.2, 0.25) is 0 Å². The standard InChI is InChI=1S/C62H119NO4/c1-3-5-7-9-11-13-15-17-19-20-21-22-23-24-25-26-27-28-29-30-31-32-33-34-35-36-37-38-39-40-41-43-45-47-49-51-53-55-57-61(66)62(67)63-59(58-64)60(65)56-54-52-50-48-46-44-42-18-16-14-12-10-8-6-4-2/h16,18,46,48,54,56,59-61,64-66H,3-15,17,19-45,47,49-53,55,57-58H2,1-2H3,(H,63,67)/b18-16+,48-46+,56-54+. The predicted molar refractivity (Wildman–Crippen MR) is 296 cm³/mol. The first-order valence-electron chi connectivity index (χ1n) is 30.3. The average Bonchev–Trinajstić information content (AvgIpc) is 3.33. The molecular formula is C62H119NO4. The zero-order valence-corrected chi connectivity index (χ0v) is 45.3. The Morgan fingerprint density at radius 1 is 0.358 bits per heavy atom. The molecule has 0 aliphatic rings. The van der Waals surface area contributed by atoms with Crippen LogP contribution in [-0.2, 0) is 4.79 Å². The molecule has 3 unspecified atom stereocenters. The van der Waals surface area contributed by atoms with Gasteiger partial charge in [0.05, 0.1) is 18.8 Å². The zero-order chi connectivity index (χ0) is 48.6. The molecule has 0 radical (unpaired) electrons. The molecule has 67 heavy (non-hydrogen) atoms. The fraction of sp³-hybridized carbons (Fsp3) is 0.887. The molecule has 0 spiro atoms. The fourth-order valence-corrected chi connectivity index (χ4v) is 9.52. The van der Waals surface area contributed by atoms with Crippen LogP contribution in [0.4, 0.5) is 0 Å². The maximum Gasteiger partial charge on any atom is 0.249 e. The molecule has 5 nitrogen and oxygen atoms in total. The van der Waals surface area contributed by atoms with Crippen molar-refractivity contribution in [2.75, 3.05) is 6.61 Å². The van der Waals surface area contributed by atoms with E-state index in [4.69, 9.17) is 0 Å². The maximum atomic E-state index is 12.5. The lowest BCUT2D eigenvalue weighted by Crippen LogP contribution is -2.48. The van der Waals surface area contributed by atoms with Gasteiger partial charge in [-0.1, -0.05) is 320 Å². The van der Waals surface area contributed by atoms with E-state index >= 15 is 0 Å². The molecule has 3 atom stereocenters. The second kappa shape index (κ2) is 57.2. The van der Waals surface area contributed by atoms with Crippen LogP contribution in [0.25, 0.3) is 0 Å². The van der Waals surface area contributed by atoms with Crippen LogP contribution < -0.4 is 5.32 Å². The first-order chi connectivity index (χ1) is 33.1. The molecule has 0 aliphatic heterocycles. The van der Waals surface area contributed by atoms with Gasteiger partial charge < -0.3 is 20.6 Å². The van der Waals surface area contributed by atoms with Crippen LogP contribution in [0.5, 0.6) is 0 Å². The van der Waals surface area contributed by atoms with Crippen molar-refractivity contribution < 1.29 is 20.1 Å². The average molecular weight is 943 g/mol. The summed E-state index contributed by atoms with van der Waals surface area (Å²) in [4.78, 5) is 12.5. The molecule has 0 aliphatic carbocycles. The Hall–Kier alpha value is -1.43. The van der Waals surface area contributed by atoms with E-state index in [0.29, 0.717) is 6.42 Å². The van der Waals surface area contributed by atoms with Crippen molar-refractivity contribution >= 4 is 5.91 Å². The van der Waals surface area contributed by atoms with Gasteiger partial charge in [-0.3, -0.25) is 4.79 Å². The van der Waals surface area contributed by atoms with E-state index < -0.39 is 24.2 Å². The number of carbonyl (C=O) groups is 1. The van der Waals surface area contributed by atoms with E-state index in [0.717, 1.165) is 44.9 Å². The van der Waals surface area contributed by atoms with Gasteiger partial charge in [0.25, 0.3) is 0 Å². The minimum atomic E-state index is -1.11. The number of unbranched alkanes of at least 4 members (excludes halogenated alkanes) is 44. The summed E-state index contributed by atoms with van der Waals surface area (Å²) in [5, 5.41) is 33.3. The minimum absolute atomic E-state index is 0.379. The third-order valence-corrected chi connectivity index (χ3v) is 14.2. The first-order valence-corrected chi connectivity index (χ1v) is 30.3. The summed E-state index contributed by atoms with van der Waals surface area (Å²) in [7, 11) is 0. The van der Waals surface area contributed by atoms with Crippen LogP contribution in [0, 0.1) is 0 Å². The highest BCUT2D eigenvalue weighted by molar-refractivity contribution is 5.80. The number of aliphatic hydroxyl groups is 3. The number of nitrogens with one attached hydrogen (secondary N) is 1. The number of aliphatic hydroxyl groups excluding tert-OH is 3. The second-order valence-corrected chi connectivity index (χ2v) is 20.9. The van der Waals surface area contributed by atoms with Gasteiger partial charge in [0.2, 0.25) is 5.91 Å². The summed E-state index contributed by atoms with van der Waals surface area (Å²) in [5.74, 6) is -0.512. The molecule has 0 heterocycles. The Morgan fingerprint density at radius 3 is 0.910 bits per heavy atom. The van der Waals surface area contributed by atoms with E-state index in [1.54, 1.807) is 6.08 Å². The Balaban J connectivity index is 3.45. The highest BCUT2D eigenvalue weighted by Gasteiger charge is 2.22. The quantitative estimate of drug-likeness (QED) is 0.0361. The SMILES string of the molecule is CCCCCCC/C=C/CC/C=C/CC/C=C/C(O)C(CO)NC(=O)C(O)CCCCCCCCCCCCCCCCCCCCCCCCCCCCCCCCCCCCCCCC. The van der Waals surface area contributed by atoms with Crippen molar-refractivity contribution in [1.29, 1.82) is 0 Å².